The fourth-order valence-corrected chi connectivity index (χ4v) is 6.99. The van der Waals surface area contributed by atoms with Gasteiger partial charge in [0.25, 0.3) is 5.91 Å². The van der Waals surface area contributed by atoms with Gasteiger partial charge in [-0.05, 0) is 24.5 Å². The number of carbonyl (C=O) groups is 4. The maximum Gasteiger partial charge on any atom is 0.337 e. The molecule has 0 aromatic heterocycles. The van der Waals surface area contributed by atoms with Crippen LogP contribution in [0.25, 0.3) is 0 Å². The lowest BCUT2D eigenvalue weighted by Crippen LogP contribution is -2.71. The van der Waals surface area contributed by atoms with Crippen LogP contribution in [0.1, 0.15) is 43.9 Å². The lowest BCUT2D eigenvalue weighted by atomic mass is 9.68. The average Bonchev–Trinajstić information content (AvgIpc) is 3.42. The number of hydrogen-bond acceptors (Lipinski definition) is 8. The van der Waals surface area contributed by atoms with E-state index in [1.165, 1.54) is 12.0 Å². The number of cyclic esters (lactones) is 1. The van der Waals surface area contributed by atoms with Crippen molar-refractivity contribution in [2.24, 2.45) is 11.8 Å². The Balaban J connectivity index is 1.68. The molecule has 2 bridgehead atoms. The third-order valence-electron chi connectivity index (χ3n) is 8.60. The van der Waals surface area contributed by atoms with Crippen LogP contribution in [0, 0.1) is 11.8 Å². The fourth-order valence-electron chi connectivity index (χ4n) is 6.99. The SMILES string of the molecule is CCC(=O)C12O[C@@]3([C@@H]4C(=O)OCC[C@@H]41)N(Cc1ccccc1)C(C)=C(C(=O)OC)C(c1ccccc1)N3C2=O. The van der Waals surface area contributed by atoms with Crippen molar-refractivity contribution in [3.05, 3.63) is 83.1 Å². The summed E-state index contributed by atoms with van der Waals surface area (Å²) in [6, 6.07) is 17.6. The van der Waals surface area contributed by atoms with E-state index in [1.54, 1.807) is 18.7 Å². The number of Topliss-reactive ketones (excluding diaryl/α,β-unsaturated/α-hetero) is 1. The van der Waals surface area contributed by atoms with Crippen molar-refractivity contribution in [3.63, 3.8) is 0 Å². The first-order chi connectivity index (χ1) is 18.8. The Labute approximate surface area is 226 Å². The molecule has 1 spiro atoms. The molecule has 0 saturated carbocycles. The summed E-state index contributed by atoms with van der Waals surface area (Å²) in [5.74, 6) is -5.36. The van der Waals surface area contributed by atoms with Crippen LogP contribution in [0.2, 0.25) is 0 Å². The Bertz CT molecular complexity index is 1390. The number of rotatable bonds is 6. The van der Waals surface area contributed by atoms with Gasteiger partial charge in [0.05, 0.1) is 25.3 Å². The number of methoxy groups -OCH3 is 1. The maximum atomic E-state index is 14.7. The Morgan fingerprint density at radius 1 is 1.05 bits per heavy atom. The highest BCUT2D eigenvalue weighted by atomic mass is 16.6. The average molecular weight is 531 g/mol. The van der Waals surface area contributed by atoms with Gasteiger partial charge in [-0.3, -0.25) is 19.3 Å². The lowest BCUT2D eigenvalue weighted by molar-refractivity contribution is -0.232. The van der Waals surface area contributed by atoms with Crippen molar-refractivity contribution in [2.75, 3.05) is 13.7 Å². The van der Waals surface area contributed by atoms with Gasteiger partial charge in [-0.2, -0.15) is 0 Å². The van der Waals surface area contributed by atoms with Gasteiger partial charge in [-0.25, -0.2) is 4.79 Å². The molecule has 0 aliphatic carbocycles. The molecule has 3 fully saturated rings. The largest absolute Gasteiger partial charge is 0.466 e. The second-order valence-electron chi connectivity index (χ2n) is 10.4. The summed E-state index contributed by atoms with van der Waals surface area (Å²) < 4.78 is 17.6. The quantitative estimate of drug-likeness (QED) is 0.415. The minimum atomic E-state index is -1.85. The molecule has 9 nitrogen and oxygen atoms in total. The number of nitrogens with zero attached hydrogens (tertiary/aromatic N) is 2. The van der Waals surface area contributed by atoms with Crippen LogP contribution in [0.5, 0.6) is 0 Å². The molecule has 0 N–H and O–H groups in total. The predicted octanol–water partition coefficient (Wildman–Crippen LogP) is 3.11. The smallest absolute Gasteiger partial charge is 0.337 e. The first kappa shape index (κ1) is 25.3. The van der Waals surface area contributed by atoms with Crippen molar-refractivity contribution in [1.29, 1.82) is 0 Å². The monoisotopic (exact) mass is 530 g/mol. The number of allylic oxidation sites excluding steroid dienone is 1. The first-order valence-electron chi connectivity index (χ1n) is 13.2. The van der Waals surface area contributed by atoms with Crippen LogP contribution < -0.4 is 0 Å². The molecule has 1 amide bonds. The van der Waals surface area contributed by atoms with Gasteiger partial charge >= 0.3 is 11.9 Å². The third-order valence-corrected chi connectivity index (χ3v) is 8.60. The van der Waals surface area contributed by atoms with E-state index in [0.29, 0.717) is 17.7 Å². The van der Waals surface area contributed by atoms with E-state index in [-0.39, 0.29) is 30.9 Å². The fraction of sp³-hybridized carbons (Fsp3) is 0.400. The number of piperidine rings is 1. The molecule has 39 heavy (non-hydrogen) atoms. The standard InChI is InChI=1S/C30H30N2O7/c1-4-22(33)29-21-15-16-38-27(35)24(21)30(39-29)31(17-19-11-7-5-8-12-19)18(2)23(26(34)37-3)25(32(30)28(29)36)20-13-9-6-10-14-20/h5-14,21,24-25H,4,15-17H2,1-3H3/t21-,24-,25?,29?,30-/m0/s1. The second kappa shape index (κ2) is 9.05. The predicted molar refractivity (Wildman–Crippen MR) is 137 cm³/mol. The second-order valence-corrected chi connectivity index (χ2v) is 10.4. The molecule has 4 heterocycles. The summed E-state index contributed by atoms with van der Waals surface area (Å²) in [4.78, 5) is 58.6. The van der Waals surface area contributed by atoms with Crippen molar-refractivity contribution in [3.8, 4) is 0 Å². The van der Waals surface area contributed by atoms with Gasteiger partial charge in [0.1, 0.15) is 5.92 Å². The molecule has 0 radical (unpaired) electrons. The molecule has 4 aliphatic heterocycles. The summed E-state index contributed by atoms with van der Waals surface area (Å²) in [6.45, 7) is 3.78. The van der Waals surface area contributed by atoms with Gasteiger partial charge in [0.15, 0.2) is 5.78 Å². The summed E-state index contributed by atoms with van der Waals surface area (Å²) in [5, 5.41) is 0. The molecular weight excluding hydrogens is 500 g/mol. The van der Waals surface area contributed by atoms with Crippen LogP contribution in [0.3, 0.4) is 0 Å². The number of carbonyl (C=O) groups excluding carboxylic acids is 4. The zero-order chi connectivity index (χ0) is 27.5. The highest BCUT2D eigenvalue weighted by Gasteiger charge is 2.84. The van der Waals surface area contributed by atoms with Gasteiger partial charge in [-0.15, -0.1) is 0 Å². The first-order valence-corrected chi connectivity index (χ1v) is 13.2. The van der Waals surface area contributed by atoms with Crippen LogP contribution in [0.4, 0.5) is 0 Å². The Kier molecular flexibility index (Phi) is 5.87. The van der Waals surface area contributed by atoms with E-state index in [4.69, 9.17) is 14.2 Å². The Morgan fingerprint density at radius 3 is 2.36 bits per heavy atom. The van der Waals surface area contributed by atoms with E-state index >= 15 is 0 Å². The highest BCUT2D eigenvalue weighted by Crippen LogP contribution is 2.65. The summed E-state index contributed by atoms with van der Waals surface area (Å²) >= 11 is 0. The number of ketones is 1. The van der Waals surface area contributed by atoms with Crippen molar-refractivity contribution < 1.29 is 33.4 Å². The van der Waals surface area contributed by atoms with E-state index in [2.05, 4.69) is 0 Å². The molecule has 4 aliphatic rings. The minimum absolute atomic E-state index is 0.0545. The number of benzene rings is 2. The van der Waals surface area contributed by atoms with Gasteiger partial charge in [0.2, 0.25) is 11.4 Å². The molecule has 9 heteroatoms. The molecule has 202 valence electrons. The molecule has 5 atom stereocenters. The van der Waals surface area contributed by atoms with Crippen molar-refractivity contribution in [2.45, 2.75) is 50.7 Å². The summed E-state index contributed by atoms with van der Waals surface area (Å²) in [7, 11) is 1.29. The van der Waals surface area contributed by atoms with E-state index in [1.807, 2.05) is 60.7 Å². The number of fused-ring (bicyclic) bond motifs is 3. The molecule has 6 rings (SSSR count). The third kappa shape index (κ3) is 3.22. The van der Waals surface area contributed by atoms with Crippen LogP contribution in [-0.4, -0.2) is 58.6 Å². The zero-order valence-electron chi connectivity index (χ0n) is 22.1. The molecule has 2 aromatic carbocycles. The molecular formula is C30H30N2O7. The van der Waals surface area contributed by atoms with E-state index in [0.717, 1.165) is 5.56 Å². The Hall–Kier alpha value is -3.98. The molecule has 3 saturated heterocycles. The van der Waals surface area contributed by atoms with Crippen LogP contribution >= 0.6 is 0 Å². The van der Waals surface area contributed by atoms with Crippen molar-refractivity contribution in [1.82, 2.24) is 9.80 Å². The topological polar surface area (TPSA) is 102 Å². The molecule has 2 aromatic rings. The van der Waals surface area contributed by atoms with Gasteiger partial charge in [0, 0.05) is 24.6 Å². The van der Waals surface area contributed by atoms with Gasteiger partial charge < -0.3 is 19.1 Å². The number of hydrogen-bond donors (Lipinski definition) is 0. The lowest BCUT2D eigenvalue weighted by Gasteiger charge is -2.56. The Morgan fingerprint density at radius 2 is 1.72 bits per heavy atom. The number of esters is 2. The molecule has 2 unspecified atom stereocenters. The van der Waals surface area contributed by atoms with Gasteiger partial charge in [-0.1, -0.05) is 67.6 Å². The van der Waals surface area contributed by atoms with Crippen molar-refractivity contribution >= 4 is 23.6 Å². The van der Waals surface area contributed by atoms with Crippen LogP contribution in [-0.2, 0) is 39.9 Å². The highest BCUT2D eigenvalue weighted by molar-refractivity contribution is 6.14. The maximum absolute atomic E-state index is 14.7. The number of amides is 1. The summed E-state index contributed by atoms with van der Waals surface area (Å²) in [5.41, 5.74) is 0.404. The minimum Gasteiger partial charge on any atom is -0.466 e. The van der Waals surface area contributed by atoms with E-state index in [9.17, 15) is 19.2 Å². The normalized spacial score (nSPS) is 31.1. The van der Waals surface area contributed by atoms with Crippen LogP contribution in [0.15, 0.2) is 71.9 Å². The van der Waals surface area contributed by atoms with E-state index < -0.39 is 47.2 Å². The zero-order valence-corrected chi connectivity index (χ0v) is 22.1. The number of ether oxygens (including phenoxy) is 3. The summed E-state index contributed by atoms with van der Waals surface area (Å²) in [6.07, 6.45) is 0.379.